The van der Waals surface area contributed by atoms with E-state index in [1.165, 1.54) is 5.56 Å². The van der Waals surface area contributed by atoms with Gasteiger partial charge in [-0.05, 0) is 24.1 Å². The largest absolute Gasteiger partial charge is 0.312 e. The highest BCUT2D eigenvalue weighted by Gasteiger charge is 2.00. The van der Waals surface area contributed by atoms with Crippen LogP contribution in [0.25, 0.3) is 0 Å². The molecule has 0 bridgehead atoms. The summed E-state index contributed by atoms with van der Waals surface area (Å²) in [4.78, 5) is 0. The number of hydrogen-bond acceptors (Lipinski definition) is 1. The number of hydrogen-bond donors (Lipinski definition) is 1. The minimum absolute atomic E-state index is 0.527. The average Bonchev–Trinajstić information content (AvgIpc) is 2.20. The lowest BCUT2D eigenvalue weighted by Crippen LogP contribution is -2.21. The van der Waals surface area contributed by atoms with Crippen LogP contribution in [-0.2, 0) is 6.54 Å². The summed E-state index contributed by atoms with van der Waals surface area (Å²) in [6.07, 6.45) is 0. The first-order valence-electron chi connectivity index (χ1n) is 4.74. The SMILES string of the molecule is CC(CCl)CNCc1ccccc1Br. The van der Waals surface area contributed by atoms with Crippen LogP contribution in [0.2, 0.25) is 0 Å². The standard InChI is InChI=1S/C11H15BrClN/c1-9(6-13)7-14-8-10-4-2-3-5-11(10)12/h2-5,9,14H,6-8H2,1H3. The summed E-state index contributed by atoms with van der Waals surface area (Å²) in [7, 11) is 0. The molecule has 1 N–H and O–H groups in total. The van der Waals surface area contributed by atoms with Crippen molar-refractivity contribution in [3.05, 3.63) is 34.3 Å². The molecule has 0 aromatic heterocycles. The van der Waals surface area contributed by atoms with Crippen LogP contribution in [0, 0.1) is 5.92 Å². The van der Waals surface area contributed by atoms with Gasteiger partial charge in [0, 0.05) is 16.9 Å². The van der Waals surface area contributed by atoms with Crippen molar-refractivity contribution >= 4 is 27.5 Å². The van der Waals surface area contributed by atoms with Crippen molar-refractivity contribution in [1.82, 2.24) is 5.32 Å². The number of alkyl halides is 1. The fourth-order valence-electron chi connectivity index (χ4n) is 1.15. The zero-order valence-electron chi connectivity index (χ0n) is 8.26. The van der Waals surface area contributed by atoms with E-state index >= 15 is 0 Å². The summed E-state index contributed by atoms with van der Waals surface area (Å²) < 4.78 is 1.16. The fraction of sp³-hybridized carbons (Fsp3) is 0.455. The summed E-state index contributed by atoms with van der Waals surface area (Å²) >= 11 is 9.23. The Kier molecular flexibility index (Phi) is 5.53. The van der Waals surface area contributed by atoms with E-state index in [9.17, 15) is 0 Å². The van der Waals surface area contributed by atoms with Gasteiger partial charge in [-0.3, -0.25) is 0 Å². The van der Waals surface area contributed by atoms with E-state index < -0.39 is 0 Å². The molecule has 0 aliphatic heterocycles. The summed E-state index contributed by atoms with van der Waals surface area (Å²) in [5.41, 5.74) is 1.29. The number of nitrogens with one attached hydrogen (secondary N) is 1. The van der Waals surface area contributed by atoms with Crippen LogP contribution in [0.15, 0.2) is 28.7 Å². The Morgan fingerprint density at radius 2 is 2.14 bits per heavy atom. The topological polar surface area (TPSA) is 12.0 Å². The van der Waals surface area contributed by atoms with Gasteiger partial charge in [-0.2, -0.15) is 0 Å². The molecule has 0 aliphatic rings. The third-order valence-corrected chi connectivity index (χ3v) is 3.33. The lowest BCUT2D eigenvalue weighted by Gasteiger charge is -2.10. The molecule has 0 heterocycles. The Labute approximate surface area is 99.0 Å². The van der Waals surface area contributed by atoms with E-state index in [0.29, 0.717) is 11.8 Å². The molecule has 0 aliphatic carbocycles. The van der Waals surface area contributed by atoms with Crippen LogP contribution in [0.4, 0.5) is 0 Å². The maximum Gasteiger partial charge on any atom is 0.0261 e. The minimum atomic E-state index is 0.527. The van der Waals surface area contributed by atoms with Crippen LogP contribution in [0.3, 0.4) is 0 Å². The van der Waals surface area contributed by atoms with Crippen LogP contribution in [-0.4, -0.2) is 12.4 Å². The number of halogens is 2. The second-order valence-corrected chi connectivity index (χ2v) is 4.64. The van der Waals surface area contributed by atoms with Gasteiger partial charge < -0.3 is 5.32 Å². The lowest BCUT2D eigenvalue weighted by molar-refractivity contribution is 0.556. The van der Waals surface area contributed by atoms with Gasteiger partial charge in [-0.1, -0.05) is 41.1 Å². The molecule has 0 amide bonds. The zero-order valence-corrected chi connectivity index (χ0v) is 10.6. The van der Waals surface area contributed by atoms with E-state index in [4.69, 9.17) is 11.6 Å². The van der Waals surface area contributed by atoms with E-state index in [-0.39, 0.29) is 0 Å². The Morgan fingerprint density at radius 3 is 2.79 bits per heavy atom. The quantitative estimate of drug-likeness (QED) is 0.813. The second kappa shape index (κ2) is 6.44. The van der Waals surface area contributed by atoms with Gasteiger partial charge in [0.25, 0.3) is 0 Å². The van der Waals surface area contributed by atoms with Gasteiger partial charge >= 0.3 is 0 Å². The molecule has 1 atom stereocenters. The van der Waals surface area contributed by atoms with Crippen LogP contribution < -0.4 is 5.32 Å². The normalized spacial score (nSPS) is 12.8. The number of benzene rings is 1. The first-order chi connectivity index (χ1) is 6.74. The van der Waals surface area contributed by atoms with Crippen molar-refractivity contribution < 1.29 is 0 Å². The summed E-state index contributed by atoms with van der Waals surface area (Å²) in [6, 6.07) is 8.24. The van der Waals surface area contributed by atoms with E-state index in [2.05, 4.69) is 40.3 Å². The fourth-order valence-corrected chi connectivity index (χ4v) is 1.68. The van der Waals surface area contributed by atoms with E-state index in [1.54, 1.807) is 0 Å². The van der Waals surface area contributed by atoms with Crippen molar-refractivity contribution in [3.8, 4) is 0 Å². The molecule has 14 heavy (non-hydrogen) atoms. The van der Waals surface area contributed by atoms with Gasteiger partial charge in [0.2, 0.25) is 0 Å². The molecule has 0 spiro atoms. The lowest BCUT2D eigenvalue weighted by atomic mass is 10.2. The monoisotopic (exact) mass is 275 g/mol. The highest BCUT2D eigenvalue weighted by molar-refractivity contribution is 9.10. The molecule has 0 saturated carbocycles. The summed E-state index contributed by atoms with van der Waals surface area (Å²) in [5, 5.41) is 3.38. The van der Waals surface area contributed by atoms with E-state index in [0.717, 1.165) is 17.6 Å². The van der Waals surface area contributed by atoms with Crippen LogP contribution in [0.5, 0.6) is 0 Å². The number of rotatable bonds is 5. The van der Waals surface area contributed by atoms with Gasteiger partial charge in [-0.25, -0.2) is 0 Å². The Balaban J connectivity index is 2.35. The van der Waals surface area contributed by atoms with E-state index in [1.807, 2.05) is 12.1 Å². The third kappa shape index (κ3) is 3.99. The van der Waals surface area contributed by atoms with Crippen molar-refractivity contribution in [3.63, 3.8) is 0 Å². The minimum Gasteiger partial charge on any atom is -0.312 e. The Bertz CT molecular complexity index is 278. The summed E-state index contributed by atoms with van der Waals surface area (Å²) in [5.74, 6) is 1.24. The molecule has 0 saturated heterocycles. The molecule has 3 heteroatoms. The smallest absolute Gasteiger partial charge is 0.0261 e. The van der Waals surface area contributed by atoms with Gasteiger partial charge in [0.1, 0.15) is 0 Å². The van der Waals surface area contributed by atoms with Crippen molar-refractivity contribution in [2.75, 3.05) is 12.4 Å². The predicted molar refractivity (Wildman–Crippen MR) is 65.7 cm³/mol. The van der Waals surface area contributed by atoms with Gasteiger partial charge in [-0.15, -0.1) is 11.6 Å². The molecule has 0 fully saturated rings. The van der Waals surface area contributed by atoms with Gasteiger partial charge in [0.15, 0.2) is 0 Å². The predicted octanol–water partition coefficient (Wildman–Crippen LogP) is 3.41. The molecule has 1 nitrogen and oxygen atoms in total. The van der Waals surface area contributed by atoms with Crippen molar-refractivity contribution in [2.45, 2.75) is 13.5 Å². The molecule has 1 rings (SSSR count). The highest BCUT2D eigenvalue weighted by atomic mass is 79.9. The van der Waals surface area contributed by atoms with Crippen molar-refractivity contribution in [1.29, 1.82) is 0 Å². The van der Waals surface area contributed by atoms with Crippen LogP contribution >= 0.6 is 27.5 Å². The molecule has 78 valence electrons. The maximum absolute atomic E-state index is 5.72. The first-order valence-corrected chi connectivity index (χ1v) is 6.07. The molecular formula is C11H15BrClN. The third-order valence-electron chi connectivity index (χ3n) is 2.03. The van der Waals surface area contributed by atoms with Crippen LogP contribution in [0.1, 0.15) is 12.5 Å². The molecule has 1 aromatic carbocycles. The zero-order chi connectivity index (χ0) is 10.4. The van der Waals surface area contributed by atoms with Crippen molar-refractivity contribution in [2.24, 2.45) is 5.92 Å². The highest BCUT2D eigenvalue weighted by Crippen LogP contribution is 2.15. The second-order valence-electron chi connectivity index (χ2n) is 3.48. The maximum atomic E-state index is 5.72. The molecule has 0 radical (unpaired) electrons. The summed E-state index contributed by atoms with van der Waals surface area (Å²) in [6.45, 7) is 3.99. The average molecular weight is 277 g/mol. The Hall–Kier alpha value is -0.0500. The molecule has 1 unspecified atom stereocenters. The first kappa shape index (κ1) is 12.0. The molecular weight excluding hydrogens is 261 g/mol. The van der Waals surface area contributed by atoms with Gasteiger partial charge in [0.05, 0.1) is 0 Å². The molecule has 1 aromatic rings. The Morgan fingerprint density at radius 1 is 1.43 bits per heavy atom.